The summed E-state index contributed by atoms with van der Waals surface area (Å²) in [6, 6.07) is 1.90. The molecule has 1 aromatic rings. The van der Waals surface area contributed by atoms with E-state index in [1.54, 1.807) is 6.20 Å². The molecule has 0 aliphatic heterocycles. The standard InChI is InChI=1S/C6H8BrClN2/c7-6(8)2-5-10-4-1-3-9-10/h1,3-4,6H,2,5H2. The van der Waals surface area contributed by atoms with Gasteiger partial charge in [-0.05, 0) is 12.5 Å². The molecule has 0 bridgehead atoms. The Hall–Kier alpha value is -0.0200. The summed E-state index contributed by atoms with van der Waals surface area (Å²) >= 11 is 8.91. The number of aromatic nitrogens is 2. The van der Waals surface area contributed by atoms with Gasteiger partial charge in [0.1, 0.15) is 0 Å². The Morgan fingerprint density at radius 2 is 2.50 bits per heavy atom. The molecule has 10 heavy (non-hydrogen) atoms. The van der Waals surface area contributed by atoms with Gasteiger partial charge in [0.15, 0.2) is 0 Å². The molecule has 1 unspecified atom stereocenters. The van der Waals surface area contributed by atoms with Crippen LogP contribution in [0.15, 0.2) is 18.5 Å². The average Bonchev–Trinajstić information content (AvgIpc) is 2.34. The Labute approximate surface area is 73.3 Å². The van der Waals surface area contributed by atoms with Crippen LogP contribution in [0.5, 0.6) is 0 Å². The van der Waals surface area contributed by atoms with Crippen molar-refractivity contribution in [1.29, 1.82) is 0 Å². The topological polar surface area (TPSA) is 17.8 Å². The second-order valence-corrected chi connectivity index (χ2v) is 4.11. The molecule has 56 valence electrons. The molecule has 0 saturated carbocycles. The van der Waals surface area contributed by atoms with Crippen LogP contribution in [-0.2, 0) is 6.54 Å². The normalized spacial score (nSPS) is 13.4. The van der Waals surface area contributed by atoms with E-state index in [2.05, 4.69) is 21.0 Å². The van der Waals surface area contributed by atoms with Crippen LogP contribution < -0.4 is 0 Å². The molecule has 0 saturated heterocycles. The van der Waals surface area contributed by atoms with E-state index in [-0.39, 0.29) is 4.29 Å². The lowest BCUT2D eigenvalue weighted by Crippen LogP contribution is -2.01. The molecule has 0 N–H and O–H groups in total. The third-order valence-electron chi connectivity index (χ3n) is 1.14. The number of nitrogens with zero attached hydrogens (tertiary/aromatic N) is 2. The fourth-order valence-electron chi connectivity index (χ4n) is 0.663. The monoisotopic (exact) mass is 222 g/mol. The van der Waals surface area contributed by atoms with Gasteiger partial charge in [-0.3, -0.25) is 4.68 Å². The zero-order valence-electron chi connectivity index (χ0n) is 5.37. The van der Waals surface area contributed by atoms with Crippen molar-refractivity contribution in [2.45, 2.75) is 17.3 Å². The molecule has 4 heteroatoms. The lowest BCUT2D eigenvalue weighted by Gasteiger charge is -2.00. The lowest BCUT2D eigenvalue weighted by atomic mass is 10.5. The van der Waals surface area contributed by atoms with Gasteiger partial charge in [0.25, 0.3) is 0 Å². The minimum absolute atomic E-state index is 0.0525. The molecule has 0 spiro atoms. The van der Waals surface area contributed by atoms with E-state index in [4.69, 9.17) is 11.6 Å². The summed E-state index contributed by atoms with van der Waals surface area (Å²) < 4.78 is 1.91. The maximum absolute atomic E-state index is 5.67. The molecule has 1 aromatic heterocycles. The van der Waals surface area contributed by atoms with Crippen LogP contribution in [0.4, 0.5) is 0 Å². The summed E-state index contributed by atoms with van der Waals surface area (Å²) in [6.45, 7) is 0.867. The lowest BCUT2D eigenvalue weighted by molar-refractivity contribution is 0.599. The quantitative estimate of drug-likeness (QED) is 0.719. The number of alkyl halides is 2. The van der Waals surface area contributed by atoms with Gasteiger partial charge in [-0.1, -0.05) is 15.9 Å². The van der Waals surface area contributed by atoms with Gasteiger partial charge in [0, 0.05) is 18.9 Å². The summed E-state index contributed by atoms with van der Waals surface area (Å²) in [7, 11) is 0. The second kappa shape index (κ2) is 3.98. The highest BCUT2D eigenvalue weighted by molar-refractivity contribution is 9.10. The van der Waals surface area contributed by atoms with Crippen molar-refractivity contribution in [2.75, 3.05) is 0 Å². The van der Waals surface area contributed by atoms with Crippen LogP contribution >= 0.6 is 27.5 Å². The molecule has 0 amide bonds. The van der Waals surface area contributed by atoms with Crippen LogP contribution in [0.2, 0.25) is 0 Å². The van der Waals surface area contributed by atoms with Crippen LogP contribution in [0, 0.1) is 0 Å². The predicted octanol–water partition coefficient (Wildman–Crippen LogP) is 2.23. The summed E-state index contributed by atoms with van der Waals surface area (Å²) in [5, 5.41) is 4.03. The van der Waals surface area contributed by atoms with Crippen LogP contribution in [0.3, 0.4) is 0 Å². The average molecular weight is 224 g/mol. The maximum Gasteiger partial charge on any atom is 0.0903 e. The summed E-state index contributed by atoms with van der Waals surface area (Å²) in [6.07, 6.45) is 4.58. The van der Waals surface area contributed by atoms with Crippen molar-refractivity contribution in [1.82, 2.24) is 9.78 Å². The molecule has 0 aromatic carbocycles. The van der Waals surface area contributed by atoms with E-state index >= 15 is 0 Å². The van der Waals surface area contributed by atoms with Gasteiger partial charge >= 0.3 is 0 Å². The molecule has 0 radical (unpaired) electrons. The molecule has 0 aliphatic carbocycles. The zero-order valence-corrected chi connectivity index (χ0v) is 7.72. The molecule has 0 aliphatic rings. The number of hydrogen-bond acceptors (Lipinski definition) is 1. The summed E-state index contributed by atoms with van der Waals surface area (Å²) in [4.78, 5) is 0. The maximum atomic E-state index is 5.67. The minimum atomic E-state index is 0.0525. The fraction of sp³-hybridized carbons (Fsp3) is 0.500. The Balaban J connectivity index is 2.28. The largest absolute Gasteiger partial charge is 0.273 e. The van der Waals surface area contributed by atoms with Gasteiger partial charge < -0.3 is 0 Å². The van der Waals surface area contributed by atoms with E-state index in [0.29, 0.717) is 0 Å². The molecule has 2 nitrogen and oxygen atoms in total. The van der Waals surface area contributed by atoms with Crippen LogP contribution in [-0.4, -0.2) is 14.1 Å². The summed E-state index contributed by atoms with van der Waals surface area (Å²) in [5.41, 5.74) is 0. The number of rotatable bonds is 3. The van der Waals surface area contributed by atoms with Crippen molar-refractivity contribution >= 4 is 27.5 Å². The minimum Gasteiger partial charge on any atom is -0.273 e. The number of halogens is 2. The van der Waals surface area contributed by atoms with Gasteiger partial charge in [0.2, 0.25) is 0 Å². The molecule has 1 rings (SSSR count). The van der Waals surface area contributed by atoms with Gasteiger partial charge in [-0.15, -0.1) is 11.6 Å². The van der Waals surface area contributed by atoms with Crippen molar-refractivity contribution in [2.24, 2.45) is 0 Å². The Bertz CT molecular complexity index is 174. The van der Waals surface area contributed by atoms with E-state index in [0.717, 1.165) is 13.0 Å². The van der Waals surface area contributed by atoms with Gasteiger partial charge in [-0.25, -0.2) is 0 Å². The Kier molecular flexibility index (Phi) is 3.22. The van der Waals surface area contributed by atoms with E-state index in [1.807, 2.05) is 16.9 Å². The molecule has 0 fully saturated rings. The highest BCUT2D eigenvalue weighted by Crippen LogP contribution is 2.10. The highest BCUT2D eigenvalue weighted by Gasteiger charge is 1.97. The van der Waals surface area contributed by atoms with Crippen molar-refractivity contribution in [3.8, 4) is 0 Å². The second-order valence-electron chi connectivity index (χ2n) is 1.95. The number of aryl methyl sites for hydroxylation is 1. The molecule has 1 atom stereocenters. The fourth-order valence-corrected chi connectivity index (χ4v) is 0.965. The first-order chi connectivity index (χ1) is 4.79. The first kappa shape index (κ1) is 8.08. The van der Waals surface area contributed by atoms with Crippen molar-refractivity contribution in [3.63, 3.8) is 0 Å². The Morgan fingerprint density at radius 1 is 1.70 bits per heavy atom. The van der Waals surface area contributed by atoms with Crippen molar-refractivity contribution < 1.29 is 0 Å². The SMILES string of the molecule is ClC(Br)CCn1cccn1. The summed E-state index contributed by atoms with van der Waals surface area (Å²) in [5.74, 6) is 0. The Morgan fingerprint density at radius 3 is 3.00 bits per heavy atom. The van der Waals surface area contributed by atoms with E-state index in [9.17, 15) is 0 Å². The van der Waals surface area contributed by atoms with E-state index < -0.39 is 0 Å². The zero-order chi connectivity index (χ0) is 7.40. The highest BCUT2D eigenvalue weighted by atomic mass is 79.9. The third-order valence-corrected chi connectivity index (χ3v) is 1.81. The first-order valence-corrected chi connectivity index (χ1v) is 4.40. The molecule has 1 heterocycles. The van der Waals surface area contributed by atoms with Crippen LogP contribution in [0.25, 0.3) is 0 Å². The van der Waals surface area contributed by atoms with Gasteiger partial charge in [-0.2, -0.15) is 5.10 Å². The molecular formula is C6H8BrClN2. The van der Waals surface area contributed by atoms with Crippen LogP contribution in [0.1, 0.15) is 6.42 Å². The first-order valence-electron chi connectivity index (χ1n) is 3.04. The molecular weight excluding hydrogens is 215 g/mol. The van der Waals surface area contributed by atoms with Gasteiger partial charge in [0.05, 0.1) is 4.29 Å². The smallest absolute Gasteiger partial charge is 0.0903 e. The predicted molar refractivity (Wildman–Crippen MR) is 45.4 cm³/mol. The third kappa shape index (κ3) is 2.71. The van der Waals surface area contributed by atoms with E-state index in [1.165, 1.54) is 0 Å². The number of hydrogen-bond donors (Lipinski definition) is 0. The van der Waals surface area contributed by atoms with Crippen molar-refractivity contribution in [3.05, 3.63) is 18.5 Å².